The molecule has 1 N–H and O–H groups in total. The topological polar surface area (TPSA) is 64.1 Å². The second-order valence-electron chi connectivity index (χ2n) is 5.16. The fourth-order valence-corrected chi connectivity index (χ4v) is 3.56. The minimum Gasteiger partial charge on any atom is -0.494 e. The van der Waals surface area contributed by atoms with Crippen LogP contribution in [0.1, 0.15) is 12.5 Å². The summed E-state index contributed by atoms with van der Waals surface area (Å²) in [5.41, 5.74) is 3.38. The largest absolute Gasteiger partial charge is 0.494 e. The van der Waals surface area contributed by atoms with Crippen molar-refractivity contribution in [2.75, 3.05) is 11.9 Å². The summed E-state index contributed by atoms with van der Waals surface area (Å²) in [6.07, 6.45) is 3.28. The number of ether oxygens (including phenoxy) is 1. The zero-order valence-electron chi connectivity index (χ0n) is 14.1. The maximum absolute atomic E-state index is 12.1. The summed E-state index contributed by atoms with van der Waals surface area (Å²) in [6.45, 7) is 2.58. The number of aromatic nitrogens is 2. The zero-order chi connectivity index (χ0) is 18.2. The van der Waals surface area contributed by atoms with Gasteiger partial charge in [0.15, 0.2) is 4.34 Å². The third-order valence-corrected chi connectivity index (χ3v) is 5.07. The normalized spacial score (nSPS) is 10.8. The van der Waals surface area contributed by atoms with E-state index in [1.165, 1.54) is 17.4 Å². The monoisotopic (exact) mass is 383 g/mol. The lowest BCUT2D eigenvalue weighted by Gasteiger charge is -2.04. The Bertz CT molecular complexity index is 861. The smallest absolute Gasteiger partial charge is 0.248 e. The maximum Gasteiger partial charge on any atom is 0.248 e. The highest BCUT2D eigenvalue weighted by molar-refractivity contribution is 8.01. The predicted molar refractivity (Wildman–Crippen MR) is 106 cm³/mol. The Hall–Kier alpha value is -2.64. The van der Waals surface area contributed by atoms with Gasteiger partial charge < -0.3 is 10.1 Å². The first-order chi connectivity index (χ1) is 12.7. The molecule has 0 saturated heterocycles. The SMILES string of the molecule is CCOc1ccc(/C=C/C(=O)Nc2ccc(Sc3nncs3)cc2)cc1. The minimum absolute atomic E-state index is 0.177. The molecule has 0 spiro atoms. The molecule has 0 aliphatic carbocycles. The van der Waals surface area contributed by atoms with Crippen LogP contribution in [0, 0.1) is 0 Å². The van der Waals surface area contributed by atoms with Crippen molar-refractivity contribution in [3.8, 4) is 5.75 Å². The predicted octanol–water partition coefficient (Wildman–Crippen LogP) is 4.74. The van der Waals surface area contributed by atoms with Gasteiger partial charge in [-0.1, -0.05) is 35.2 Å². The number of nitrogens with zero attached hydrogens (tertiary/aromatic N) is 2. The highest BCUT2D eigenvalue weighted by Crippen LogP contribution is 2.29. The van der Waals surface area contributed by atoms with Crippen LogP contribution >= 0.6 is 23.1 Å². The van der Waals surface area contributed by atoms with Crippen molar-refractivity contribution in [3.05, 3.63) is 65.7 Å². The number of hydrogen-bond acceptors (Lipinski definition) is 6. The first-order valence-electron chi connectivity index (χ1n) is 7.99. The first-order valence-corrected chi connectivity index (χ1v) is 9.68. The van der Waals surface area contributed by atoms with Crippen LogP contribution in [0.3, 0.4) is 0 Å². The molecule has 0 fully saturated rings. The van der Waals surface area contributed by atoms with Gasteiger partial charge in [-0.15, -0.1) is 10.2 Å². The van der Waals surface area contributed by atoms with Gasteiger partial charge in [0.1, 0.15) is 11.3 Å². The van der Waals surface area contributed by atoms with E-state index in [4.69, 9.17) is 4.74 Å². The van der Waals surface area contributed by atoms with E-state index in [9.17, 15) is 4.79 Å². The van der Waals surface area contributed by atoms with E-state index in [1.807, 2.05) is 55.5 Å². The number of carbonyl (C=O) groups is 1. The van der Waals surface area contributed by atoms with Crippen molar-refractivity contribution in [2.45, 2.75) is 16.2 Å². The number of carbonyl (C=O) groups excluding carboxylic acids is 1. The Morgan fingerprint density at radius 1 is 1.19 bits per heavy atom. The fourth-order valence-electron chi connectivity index (χ4n) is 2.11. The molecule has 1 aromatic heterocycles. The molecule has 1 amide bonds. The van der Waals surface area contributed by atoms with Crippen LogP contribution in [0.5, 0.6) is 5.75 Å². The Labute approximate surface area is 160 Å². The van der Waals surface area contributed by atoms with Crippen LogP contribution in [0.2, 0.25) is 0 Å². The van der Waals surface area contributed by atoms with Gasteiger partial charge in [-0.3, -0.25) is 4.79 Å². The summed E-state index contributed by atoms with van der Waals surface area (Å²) in [6, 6.07) is 15.2. The van der Waals surface area contributed by atoms with E-state index in [-0.39, 0.29) is 5.91 Å². The summed E-state index contributed by atoms with van der Waals surface area (Å²) < 4.78 is 6.29. The van der Waals surface area contributed by atoms with Gasteiger partial charge in [0.2, 0.25) is 5.91 Å². The Balaban J connectivity index is 1.54. The molecule has 0 bridgehead atoms. The van der Waals surface area contributed by atoms with E-state index in [0.29, 0.717) is 6.61 Å². The molecule has 0 saturated carbocycles. The van der Waals surface area contributed by atoms with Crippen molar-refractivity contribution < 1.29 is 9.53 Å². The van der Waals surface area contributed by atoms with E-state index >= 15 is 0 Å². The molecule has 5 nitrogen and oxygen atoms in total. The van der Waals surface area contributed by atoms with Gasteiger partial charge in [0.25, 0.3) is 0 Å². The summed E-state index contributed by atoms with van der Waals surface area (Å²) in [5.74, 6) is 0.643. The molecule has 0 aliphatic rings. The highest BCUT2D eigenvalue weighted by Gasteiger charge is 2.02. The van der Waals surface area contributed by atoms with Crippen LogP contribution in [0.15, 0.2) is 69.4 Å². The second-order valence-corrected chi connectivity index (χ2v) is 7.31. The summed E-state index contributed by atoms with van der Waals surface area (Å²) in [7, 11) is 0. The first kappa shape index (κ1) is 18.2. The van der Waals surface area contributed by atoms with Crippen molar-refractivity contribution >= 4 is 40.8 Å². The number of benzene rings is 2. The van der Waals surface area contributed by atoms with Gasteiger partial charge in [-0.05, 0) is 55.0 Å². The molecule has 0 unspecified atom stereocenters. The summed E-state index contributed by atoms with van der Waals surface area (Å²) in [5, 5.41) is 10.7. The van der Waals surface area contributed by atoms with Crippen molar-refractivity contribution in [1.29, 1.82) is 0 Å². The van der Waals surface area contributed by atoms with Gasteiger partial charge in [-0.25, -0.2) is 0 Å². The summed E-state index contributed by atoms with van der Waals surface area (Å²) >= 11 is 3.04. The zero-order valence-corrected chi connectivity index (χ0v) is 15.7. The van der Waals surface area contributed by atoms with Crippen molar-refractivity contribution in [2.24, 2.45) is 0 Å². The molecule has 0 aliphatic heterocycles. The molecule has 3 rings (SSSR count). The van der Waals surface area contributed by atoms with Crippen LogP contribution in [-0.2, 0) is 4.79 Å². The molecule has 0 atom stereocenters. The van der Waals surface area contributed by atoms with Crippen LogP contribution < -0.4 is 10.1 Å². The van der Waals surface area contributed by atoms with Gasteiger partial charge in [0.05, 0.1) is 6.61 Å². The van der Waals surface area contributed by atoms with Crippen LogP contribution in [-0.4, -0.2) is 22.7 Å². The molecule has 1 heterocycles. The van der Waals surface area contributed by atoms with E-state index in [0.717, 1.165) is 26.2 Å². The lowest BCUT2D eigenvalue weighted by molar-refractivity contribution is -0.111. The number of hydrogen-bond donors (Lipinski definition) is 1. The summed E-state index contributed by atoms with van der Waals surface area (Å²) in [4.78, 5) is 13.1. The third-order valence-electron chi connectivity index (χ3n) is 3.29. The lowest BCUT2D eigenvalue weighted by Crippen LogP contribution is -2.07. The standard InChI is InChI=1S/C19H17N3O2S2/c1-2-24-16-8-3-14(4-9-16)5-12-18(23)21-15-6-10-17(11-7-15)26-19-22-20-13-25-19/h3-13H,2H2,1H3,(H,21,23)/b12-5+. The van der Waals surface area contributed by atoms with Crippen molar-refractivity contribution in [1.82, 2.24) is 10.2 Å². The highest BCUT2D eigenvalue weighted by atomic mass is 32.2. The molecule has 2 aromatic carbocycles. The number of nitrogens with one attached hydrogen (secondary N) is 1. The number of amides is 1. The van der Waals surface area contributed by atoms with E-state index in [2.05, 4.69) is 15.5 Å². The average Bonchev–Trinajstić information content (AvgIpc) is 3.16. The van der Waals surface area contributed by atoms with E-state index < -0.39 is 0 Å². The fraction of sp³-hybridized carbons (Fsp3) is 0.105. The van der Waals surface area contributed by atoms with Gasteiger partial charge in [-0.2, -0.15) is 0 Å². The van der Waals surface area contributed by atoms with Gasteiger partial charge >= 0.3 is 0 Å². The molecular formula is C19H17N3O2S2. The van der Waals surface area contributed by atoms with Crippen molar-refractivity contribution in [3.63, 3.8) is 0 Å². The number of rotatable bonds is 7. The Morgan fingerprint density at radius 2 is 1.96 bits per heavy atom. The van der Waals surface area contributed by atoms with Crippen LogP contribution in [0.4, 0.5) is 5.69 Å². The molecule has 26 heavy (non-hydrogen) atoms. The number of anilines is 1. The minimum atomic E-state index is -0.177. The van der Waals surface area contributed by atoms with Gasteiger partial charge in [0, 0.05) is 16.7 Å². The van der Waals surface area contributed by atoms with Crippen LogP contribution in [0.25, 0.3) is 6.08 Å². The van der Waals surface area contributed by atoms with E-state index in [1.54, 1.807) is 23.3 Å². The average molecular weight is 383 g/mol. The quantitative estimate of drug-likeness (QED) is 0.597. The molecule has 132 valence electrons. The third kappa shape index (κ3) is 5.44. The molecule has 7 heteroatoms. The second kappa shape index (κ2) is 9.17. The Morgan fingerprint density at radius 3 is 2.62 bits per heavy atom. The molecular weight excluding hydrogens is 366 g/mol. The maximum atomic E-state index is 12.1. The molecule has 0 radical (unpaired) electrons. The molecule has 3 aromatic rings. The lowest BCUT2D eigenvalue weighted by atomic mass is 10.2. The Kier molecular flexibility index (Phi) is 6.40.